The van der Waals surface area contributed by atoms with E-state index >= 15 is 0 Å². The minimum absolute atomic E-state index is 0.0336. The number of imide groups is 1. The number of anilines is 3. The lowest BCUT2D eigenvalue weighted by Crippen LogP contribution is -2.44. The summed E-state index contributed by atoms with van der Waals surface area (Å²) in [5.41, 5.74) is -1.89. The van der Waals surface area contributed by atoms with Crippen molar-refractivity contribution in [3.05, 3.63) is 18.1 Å². The Morgan fingerprint density at radius 1 is 0.810 bits per heavy atom. The molecule has 0 fully saturated rings. The van der Waals surface area contributed by atoms with Crippen LogP contribution in [-0.2, 0) is 14.2 Å². The highest BCUT2D eigenvalue weighted by Crippen LogP contribution is 2.31. The first kappa shape index (κ1) is 34.0. The van der Waals surface area contributed by atoms with Crippen molar-refractivity contribution in [2.45, 2.75) is 80.4 Å². The Morgan fingerprint density at radius 3 is 1.81 bits per heavy atom. The van der Waals surface area contributed by atoms with Crippen LogP contribution in [-0.4, -0.2) is 69.6 Å². The van der Waals surface area contributed by atoms with Gasteiger partial charge in [-0.2, -0.15) is 9.88 Å². The van der Waals surface area contributed by atoms with E-state index in [-0.39, 0.29) is 53.4 Å². The van der Waals surface area contributed by atoms with Crippen LogP contribution in [0.3, 0.4) is 0 Å². The molecule has 1 N–H and O–H groups in total. The summed E-state index contributed by atoms with van der Waals surface area (Å²) in [7, 11) is 1.23. The maximum Gasteiger partial charge on any atom is 0.425 e. The van der Waals surface area contributed by atoms with Gasteiger partial charge in [-0.3, -0.25) is 0 Å². The van der Waals surface area contributed by atoms with Gasteiger partial charge in [-0.05, 0) is 53.4 Å². The van der Waals surface area contributed by atoms with Gasteiger partial charge >= 0.3 is 18.2 Å². The van der Waals surface area contributed by atoms with Crippen LogP contribution in [0.1, 0.15) is 79.7 Å². The molecule has 2 aromatic heterocycles. The molecule has 232 valence electrons. The Morgan fingerprint density at radius 2 is 1.33 bits per heavy atom. The first-order chi connectivity index (χ1) is 19.4. The van der Waals surface area contributed by atoms with Gasteiger partial charge in [0.15, 0.2) is 17.3 Å². The standard InChI is InChI=1S/C28H42N6O8/c1-16(2)14-39-22-20(29-12-18(31-22)24(35)38-11)32-19-13-30-21(23(33-19)40-15-17(3)4)34(25(36)41-27(5,6)7)26(37)42-28(8,9)10/h12-13,16-17H,14-15H2,1-11H3,(H,29,32,33). The molecule has 0 saturated heterocycles. The van der Waals surface area contributed by atoms with Crippen molar-refractivity contribution in [1.82, 2.24) is 19.9 Å². The van der Waals surface area contributed by atoms with E-state index in [1.807, 2.05) is 27.7 Å². The highest BCUT2D eigenvalue weighted by Gasteiger charge is 2.36. The van der Waals surface area contributed by atoms with Crippen LogP contribution in [0, 0.1) is 11.8 Å². The molecule has 0 aliphatic carbocycles. The zero-order valence-corrected chi connectivity index (χ0v) is 26.2. The molecule has 0 aliphatic heterocycles. The number of amides is 2. The number of hydrogen-bond donors (Lipinski definition) is 1. The summed E-state index contributed by atoms with van der Waals surface area (Å²) in [4.78, 5) is 56.4. The number of carbonyl (C=O) groups is 3. The number of hydrogen-bond acceptors (Lipinski definition) is 13. The Labute approximate surface area is 246 Å². The summed E-state index contributed by atoms with van der Waals surface area (Å²) in [5, 5.41) is 2.95. The molecule has 2 rings (SSSR count). The number of ether oxygens (including phenoxy) is 5. The second-order valence-corrected chi connectivity index (χ2v) is 12.1. The summed E-state index contributed by atoms with van der Waals surface area (Å²) in [5.74, 6) is -0.532. The highest BCUT2D eigenvalue weighted by molar-refractivity contribution is 6.09. The third-order valence-electron chi connectivity index (χ3n) is 4.57. The monoisotopic (exact) mass is 590 g/mol. The molecule has 0 saturated carbocycles. The van der Waals surface area contributed by atoms with Crippen molar-refractivity contribution in [3.8, 4) is 11.8 Å². The lowest BCUT2D eigenvalue weighted by atomic mass is 10.2. The molecule has 14 nitrogen and oxygen atoms in total. The minimum atomic E-state index is -1.02. The molecule has 42 heavy (non-hydrogen) atoms. The Hall–Kier alpha value is -4.23. The fraction of sp³-hybridized carbons (Fsp3) is 0.607. The summed E-state index contributed by atoms with van der Waals surface area (Å²) >= 11 is 0. The fourth-order valence-corrected chi connectivity index (χ4v) is 2.91. The molecule has 14 heteroatoms. The lowest BCUT2D eigenvalue weighted by Gasteiger charge is -2.28. The predicted octanol–water partition coefficient (Wildman–Crippen LogP) is 5.54. The number of rotatable bonds is 10. The van der Waals surface area contributed by atoms with Gasteiger partial charge in [0.25, 0.3) is 11.8 Å². The number of esters is 1. The number of nitrogens with zero attached hydrogens (tertiary/aromatic N) is 5. The van der Waals surface area contributed by atoms with Crippen LogP contribution in [0.2, 0.25) is 0 Å². The zero-order chi connectivity index (χ0) is 31.8. The lowest BCUT2D eigenvalue weighted by molar-refractivity contribution is 0.0425. The van der Waals surface area contributed by atoms with Crippen LogP contribution >= 0.6 is 0 Å². The molecular weight excluding hydrogens is 548 g/mol. The van der Waals surface area contributed by atoms with E-state index in [9.17, 15) is 14.4 Å². The normalized spacial score (nSPS) is 11.6. The Bertz CT molecular complexity index is 1230. The first-order valence-corrected chi connectivity index (χ1v) is 13.5. The Kier molecular flexibility index (Phi) is 11.4. The topological polar surface area (TPSA) is 164 Å². The SMILES string of the molecule is COC(=O)c1cnc(Nc2cnc(N(C(=O)OC(C)(C)C)C(=O)OC(C)(C)C)c(OCC(C)C)n2)c(OCC(C)C)n1. The molecule has 2 aromatic rings. The van der Waals surface area contributed by atoms with Crippen LogP contribution in [0.5, 0.6) is 11.8 Å². The number of carbonyl (C=O) groups excluding carboxylic acids is 3. The maximum absolute atomic E-state index is 13.2. The first-order valence-electron chi connectivity index (χ1n) is 13.5. The molecular formula is C28H42N6O8. The predicted molar refractivity (Wildman–Crippen MR) is 154 cm³/mol. The molecule has 0 aromatic carbocycles. The smallest absolute Gasteiger partial charge is 0.425 e. The van der Waals surface area contributed by atoms with Crippen LogP contribution in [0.25, 0.3) is 0 Å². The quantitative estimate of drug-likeness (QED) is 0.271. The zero-order valence-electron chi connectivity index (χ0n) is 26.2. The van der Waals surface area contributed by atoms with Crippen LogP contribution in [0.15, 0.2) is 12.4 Å². The highest BCUT2D eigenvalue weighted by atomic mass is 16.6. The summed E-state index contributed by atoms with van der Waals surface area (Å²) in [6.07, 6.45) is 0.451. The van der Waals surface area contributed by atoms with Crippen molar-refractivity contribution in [2.75, 3.05) is 30.5 Å². The summed E-state index contributed by atoms with van der Waals surface area (Å²) in [6.45, 7) is 18.2. The third-order valence-corrected chi connectivity index (χ3v) is 4.57. The molecule has 2 amide bonds. The number of methoxy groups -OCH3 is 1. The molecule has 2 heterocycles. The van der Waals surface area contributed by atoms with E-state index in [1.165, 1.54) is 19.5 Å². The van der Waals surface area contributed by atoms with E-state index in [1.54, 1.807) is 41.5 Å². The van der Waals surface area contributed by atoms with E-state index in [2.05, 4.69) is 25.3 Å². The fourth-order valence-electron chi connectivity index (χ4n) is 2.91. The Balaban J connectivity index is 2.60. The van der Waals surface area contributed by atoms with E-state index in [0.717, 1.165) is 0 Å². The van der Waals surface area contributed by atoms with E-state index < -0.39 is 29.4 Å². The van der Waals surface area contributed by atoms with Crippen LogP contribution < -0.4 is 19.7 Å². The molecule has 0 atom stereocenters. The van der Waals surface area contributed by atoms with Crippen LogP contribution in [0.4, 0.5) is 27.0 Å². The second-order valence-electron chi connectivity index (χ2n) is 12.1. The van der Waals surface area contributed by atoms with Crippen molar-refractivity contribution in [1.29, 1.82) is 0 Å². The summed E-state index contributed by atoms with van der Waals surface area (Å²) in [6, 6.07) is 0. The molecule has 0 spiro atoms. The van der Waals surface area contributed by atoms with Gasteiger partial charge in [-0.1, -0.05) is 27.7 Å². The minimum Gasteiger partial charge on any atom is -0.475 e. The maximum atomic E-state index is 13.2. The largest absolute Gasteiger partial charge is 0.475 e. The molecule has 0 unspecified atom stereocenters. The second kappa shape index (κ2) is 14.1. The van der Waals surface area contributed by atoms with E-state index in [4.69, 9.17) is 23.7 Å². The third kappa shape index (κ3) is 10.6. The van der Waals surface area contributed by atoms with Gasteiger partial charge < -0.3 is 29.0 Å². The van der Waals surface area contributed by atoms with Crippen molar-refractivity contribution < 1.29 is 38.1 Å². The average Bonchev–Trinajstić information content (AvgIpc) is 2.85. The van der Waals surface area contributed by atoms with Crippen molar-refractivity contribution >= 4 is 35.6 Å². The number of aromatic nitrogens is 4. The van der Waals surface area contributed by atoms with E-state index in [0.29, 0.717) is 11.5 Å². The molecule has 0 bridgehead atoms. The van der Waals surface area contributed by atoms with Gasteiger partial charge in [0.05, 0.1) is 32.7 Å². The van der Waals surface area contributed by atoms with Gasteiger partial charge in [-0.25, -0.2) is 29.3 Å². The number of nitrogens with one attached hydrogen (secondary N) is 1. The van der Waals surface area contributed by atoms with Gasteiger partial charge in [0.1, 0.15) is 11.2 Å². The van der Waals surface area contributed by atoms with Gasteiger partial charge in [0.2, 0.25) is 5.82 Å². The summed E-state index contributed by atoms with van der Waals surface area (Å²) < 4.78 is 27.4. The van der Waals surface area contributed by atoms with Gasteiger partial charge in [0, 0.05) is 0 Å². The molecule has 0 aliphatic rings. The van der Waals surface area contributed by atoms with Gasteiger partial charge in [-0.15, -0.1) is 0 Å². The molecule has 0 radical (unpaired) electrons. The van der Waals surface area contributed by atoms with Crippen molar-refractivity contribution in [2.24, 2.45) is 11.8 Å². The average molecular weight is 591 g/mol. The van der Waals surface area contributed by atoms with Crippen molar-refractivity contribution in [3.63, 3.8) is 0 Å².